The number of nitrogens with zero attached hydrogens (tertiary/aromatic N) is 2. The maximum absolute atomic E-state index is 5.42. The molecule has 0 spiro atoms. The molecule has 0 saturated heterocycles. The Kier molecular flexibility index (Phi) is 2.53. The van der Waals surface area contributed by atoms with Crippen LogP contribution in [0.3, 0.4) is 0 Å². The van der Waals surface area contributed by atoms with Crippen molar-refractivity contribution in [3.8, 4) is 0 Å². The second-order valence-electron chi connectivity index (χ2n) is 3.22. The summed E-state index contributed by atoms with van der Waals surface area (Å²) < 4.78 is 0. The number of H-pyrrole nitrogens is 1. The summed E-state index contributed by atoms with van der Waals surface area (Å²) in [5.74, 6) is 0.796. The van der Waals surface area contributed by atoms with Gasteiger partial charge in [-0.1, -0.05) is 19.1 Å². The van der Waals surface area contributed by atoms with Gasteiger partial charge in [0.05, 0.1) is 0 Å². The van der Waals surface area contributed by atoms with Crippen molar-refractivity contribution in [3.05, 3.63) is 29.8 Å². The van der Waals surface area contributed by atoms with Crippen LogP contribution in [0.2, 0.25) is 0 Å². The van der Waals surface area contributed by atoms with Gasteiger partial charge < -0.3 is 11.1 Å². The average Bonchev–Trinajstić information content (AvgIpc) is 2.64. The fourth-order valence-electron chi connectivity index (χ4n) is 1.33. The molecule has 0 aliphatic heterocycles. The predicted molar refractivity (Wildman–Crippen MR) is 59.9 cm³/mol. The molecule has 0 fully saturated rings. The van der Waals surface area contributed by atoms with Crippen molar-refractivity contribution >= 4 is 17.6 Å². The molecule has 4 N–H and O–H groups in total. The SMILES string of the molecule is CCc1cccc(Nc2n[nH]c(N)n2)c1. The zero-order valence-corrected chi connectivity index (χ0v) is 8.49. The highest BCUT2D eigenvalue weighted by atomic mass is 15.3. The van der Waals surface area contributed by atoms with Crippen LogP contribution in [0, 0.1) is 0 Å². The number of benzene rings is 1. The molecule has 0 atom stereocenters. The van der Waals surface area contributed by atoms with Crippen LogP contribution < -0.4 is 11.1 Å². The largest absolute Gasteiger partial charge is 0.368 e. The quantitative estimate of drug-likeness (QED) is 0.709. The molecule has 1 heterocycles. The lowest BCUT2D eigenvalue weighted by Crippen LogP contribution is -1.93. The standard InChI is InChI=1S/C10H13N5/c1-2-7-4-3-5-8(6-7)12-10-13-9(11)14-15-10/h3-6H,2H2,1H3,(H4,11,12,13,14,15). The number of rotatable bonds is 3. The molecule has 1 aromatic heterocycles. The predicted octanol–water partition coefficient (Wildman–Crippen LogP) is 1.69. The summed E-state index contributed by atoms with van der Waals surface area (Å²) in [5, 5.41) is 9.53. The number of anilines is 3. The van der Waals surface area contributed by atoms with Gasteiger partial charge in [-0.05, 0) is 24.1 Å². The molecule has 5 heteroatoms. The first-order valence-electron chi connectivity index (χ1n) is 4.82. The van der Waals surface area contributed by atoms with E-state index in [1.54, 1.807) is 0 Å². The lowest BCUT2D eigenvalue weighted by Gasteiger charge is -2.03. The van der Waals surface area contributed by atoms with Crippen molar-refractivity contribution in [3.63, 3.8) is 0 Å². The Labute approximate surface area is 87.7 Å². The smallest absolute Gasteiger partial charge is 0.248 e. The van der Waals surface area contributed by atoms with E-state index < -0.39 is 0 Å². The Morgan fingerprint density at radius 1 is 1.47 bits per heavy atom. The molecule has 0 aliphatic carbocycles. The molecule has 2 rings (SSSR count). The van der Waals surface area contributed by atoms with Gasteiger partial charge in [0.25, 0.3) is 0 Å². The van der Waals surface area contributed by atoms with Crippen molar-refractivity contribution in [2.45, 2.75) is 13.3 Å². The third-order valence-electron chi connectivity index (χ3n) is 2.09. The third-order valence-corrected chi connectivity index (χ3v) is 2.09. The highest BCUT2D eigenvalue weighted by molar-refractivity contribution is 5.54. The van der Waals surface area contributed by atoms with Gasteiger partial charge in [0, 0.05) is 5.69 Å². The number of hydrogen-bond acceptors (Lipinski definition) is 4. The lowest BCUT2D eigenvalue weighted by atomic mass is 10.1. The molecule has 0 radical (unpaired) electrons. The number of nitrogens with two attached hydrogens (primary N) is 1. The van der Waals surface area contributed by atoms with E-state index in [2.05, 4.69) is 39.6 Å². The number of aryl methyl sites for hydroxylation is 1. The fourth-order valence-corrected chi connectivity index (χ4v) is 1.33. The van der Waals surface area contributed by atoms with Gasteiger partial charge in [-0.15, -0.1) is 5.10 Å². The van der Waals surface area contributed by atoms with Crippen molar-refractivity contribution in [1.29, 1.82) is 0 Å². The third kappa shape index (κ3) is 2.25. The summed E-state index contributed by atoms with van der Waals surface area (Å²) in [6, 6.07) is 8.10. The van der Waals surface area contributed by atoms with Gasteiger partial charge in [0.15, 0.2) is 0 Å². The molecular formula is C10H13N5. The minimum Gasteiger partial charge on any atom is -0.368 e. The minimum absolute atomic E-state index is 0.309. The first kappa shape index (κ1) is 9.51. The van der Waals surface area contributed by atoms with E-state index in [-0.39, 0.29) is 0 Å². The van der Waals surface area contributed by atoms with E-state index in [1.807, 2.05) is 12.1 Å². The van der Waals surface area contributed by atoms with Crippen molar-refractivity contribution in [2.24, 2.45) is 0 Å². The molecule has 0 saturated carbocycles. The number of nitrogens with one attached hydrogen (secondary N) is 2. The summed E-state index contributed by atoms with van der Waals surface area (Å²) in [5.41, 5.74) is 7.65. The monoisotopic (exact) mass is 203 g/mol. The Balaban J connectivity index is 2.16. The first-order chi connectivity index (χ1) is 7.28. The van der Waals surface area contributed by atoms with E-state index in [4.69, 9.17) is 5.73 Å². The van der Waals surface area contributed by atoms with Crippen LogP contribution in [0.5, 0.6) is 0 Å². The molecule has 1 aromatic carbocycles. The van der Waals surface area contributed by atoms with Gasteiger partial charge in [0.2, 0.25) is 11.9 Å². The zero-order valence-electron chi connectivity index (χ0n) is 8.49. The van der Waals surface area contributed by atoms with Gasteiger partial charge in [-0.3, -0.25) is 0 Å². The average molecular weight is 203 g/mol. The van der Waals surface area contributed by atoms with Crippen LogP contribution in [-0.2, 0) is 6.42 Å². The number of aromatic amines is 1. The van der Waals surface area contributed by atoms with Crippen molar-refractivity contribution in [2.75, 3.05) is 11.1 Å². The topological polar surface area (TPSA) is 79.6 Å². The van der Waals surface area contributed by atoms with E-state index in [1.165, 1.54) is 5.56 Å². The summed E-state index contributed by atoms with van der Waals surface area (Å²) in [6.45, 7) is 2.11. The Morgan fingerprint density at radius 2 is 2.33 bits per heavy atom. The normalized spacial score (nSPS) is 10.2. The van der Waals surface area contributed by atoms with Gasteiger partial charge >= 0.3 is 0 Å². The molecule has 2 aromatic rings. The van der Waals surface area contributed by atoms with Crippen molar-refractivity contribution in [1.82, 2.24) is 15.2 Å². The van der Waals surface area contributed by atoms with E-state index >= 15 is 0 Å². The second-order valence-corrected chi connectivity index (χ2v) is 3.22. The Bertz CT molecular complexity index is 449. The van der Waals surface area contributed by atoms with E-state index in [0.717, 1.165) is 12.1 Å². The summed E-state index contributed by atoms with van der Waals surface area (Å²) in [7, 11) is 0. The van der Waals surface area contributed by atoms with Crippen LogP contribution in [0.1, 0.15) is 12.5 Å². The van der Waals surface area contributed by atoms with Crippen LogP contribution in [0.25, 0.3) is 0 Å². The van der Waals surface area contributed by atoms with E-state index in [0.29, 0.717) is 11.9 Å². The molecule has 0 unspecified atom stereocenters. The number of aromatic nitrogens is 3. The highest BCUT2D eigenvalue weighted by Crippen LogP contribution is 2.15. The molecule has 5 nitrogen and oxygen atoms in total. The summed E-state index contributed by atoms with van der Waals surface area (Å²) >= 11 is 0. The van der Waals surface area contributed by atoms with E-state index in [9.17, 15) is 0 Å². The molecule has 0 amide bonds. The lowest BCUT2D eigenvalue weighted by molar-refractivity contribution is 1.10. The maximum Gasteiger partial charge on any atom is 0.248 e. The van der Waals surface area contributed by atoms with Gasteiger partial charge in [-0.25, -0.2) is 5.10 Å². The summed E-state index contributed by atoms with van der Waals surface area (Å²) in [4.78, 5) is 3.96. The highest BCUT2D eigenvalue weighted by Gasteiger charge is 2.00. The van der Waals surface area contributed by atoms with Gasteiger partial charge in [0.1, 0.15) is 0 Å². The van der Waals surface area contributed by atoms with Crippen LogP contribution >= 0.6 is 0 Å². The van der Waals surface area contributed by atoms with Crippen LogP contribution in [-0.4, -0.2) is 15.2 Å². The number of hydrogen-bond donors (Lipinski definition) is 3. The molecular weight excluding hydrogens is 190 g/mol. The minimum atomic E-state index is 0.309. The molecule has 0 bridgehead atoms. The Hall–Kier alpha value is -2.04. The maximum atomic E-state index is 5.42. The van der Waals surface area contributed by atoms with Gasteiger partial charge in [-0.2, -0.15) is 4.98 Å². The van der Waals surface area contributed by atoms with Crippen LogP contribution in [0.4, 0.5) is 17.6 Å². The molecule has 15 heavy (non-hydrogen) atoms. The Morgan fingerprint density at radius 3 is 3.00 bits per heavy atom. The zero-order chi connectivity index (χ0) is 10.7. The molecule has 0 aliphatic rings. The summed E-state index contributed by atoms with van der Waals surface area (Å²) in [6.07, 6.45) is 1.01. The van der Waals surface area contributed by atoms with Crippen LogP contribution in [0.15, 0.2) is 24.3 Å². The molecule has 78 valence electrons. The fraction of sp³-hybridized carbons (Fsp3) is 0.200. The first-order valence-corrected chi connectivity index (χ1v) is 4.82. The van der Waals surface area contributed by atoms with Crippen molar-refractivity contribution < 1.29 is 0 Å². The second kappa shape index (κ2) is 4.00. The number of nitrogen functional groups attached to an aromatic ring is 1.